The smallest absolute Gasteiger partial charge is 0.251 e. The highest BCUT2D eigenvalue weighted by Gasteiger charge is 2.09. The van der Waals surface area contributed by atoms with Crippen molar-refractivity contribution in [3.63, 3.8) is 0 Å². The number of rotatable bonds is 3. The first-order chi connectivity index (χ1) is 8.58. The van der Waals surface area contributed by atoms with Crippen LogP contribution in [0.3, 0.4) is 0 Å². The Balaban J connectivity index is 2.04. The molecule has 1 N–H and O–H groups in total. The molecule has 1 aromatic heterocycles. The second-order valence-electron chi connectivity index (χ2n) is 3.50. The molecule has 2 rings (SSSR count). The van der Waals surface area contributed by atoms with Gasteiger partial charge in [-0.3, -0.25) is 4.79 Å². The van der Waals surface area contributed by atoms with Gasteiger partial charge in [0.2, 0.25) is 0 Å². The highest BCUT2D eigenvalue weighted by Crippen LogP contribution is 2.24. The molecular formula is C12H8Br2ClNOS. The average Bonchev–Trinajstić information content (AvgIpc) is 2.75. The van der Waals surface area contributed by atoms with Crippen molar-refractivity contribution < 1.29 is 4.79 Å². The molecule has 0 unspecified atom stereocenters. The van der Waals surface area contributed by atoms with E-state index in [1.54, 1.807) is 29.5 Å². The van der Waals surface area contributed by atoms with E-state index in [4.69, 9.17) is 11.6 Å². The van der Waals surface area contributed by atoms with Crippen molar-refractivity contribution in [3.05, 3.63) is 54.1 Å². The summed E-state index contributed by atoms with van der Waals surface area (Å²) in [6, 6.07) is 7.07. The summed E-state index contributed by atoms with van der Waals surface area (Å²) in [5.41, 5.74) is 0.582. The lowest BCUT2D eigenvalue weighted by molar-refractivity contribution is 0.0951. The Labute approximate surface area is 131 Å². The van der Waals surface area contributed by atoms with Crippen LogP contribution in [-0.4, -0.2) is 5.91 Å². The number of nitrogens with one attached hydrogen (secondary N) is 1. The third kappa shape index (κ3) is 3.35. The summed E-state index contributed by atoms with van der Waals surface area (Å²) in [5.74, 6) is -0.118. The number of hydrogen-bond donors (Lipinski definition) is 1. The molecule has 0 aliphatic rings. The zero-order chi connectivity index (χ0) is 13.1. The van der Waals surface area contributed by atoms with Gasteiger partial charge < -0.3 is 5.32 Å². The molecule has 0 aliphatic carbocycles. The van der Waals surface area contributed by atoms with Crippen LogP contribution in [0.25, 0.3) is 0 Å². The van der Waals surface area contributed by atoms with E-state index in [2.05, 4.69) is 37.2 Å². The van der Waals surface area contributed by atoms with Gasteiger partial charge in [-0.2, -0.15) is 0 Å². The molecule has 18 heavy (non-hydrogen) atoms. The van der Waals surface area contributed by atoms with E-state index >= 15 is 0 Å². The van der Waals surface area contributed by atoms with Crippen LogP contribution in [0.15, 0.2) is 38.6 Å². The predicted molar refractivity (Wildman–Crippen MR) is 82.3 cm³/mol. The van der Waals surface area contributed by atoms with Crippen LogP contribution in [0.5, 0.6) is 0 Å². The Morgan fingerprint density at radius 2 is 2.06 bits per heavy atom. The molecule has 6 heteroatoms. The fourth-order valence-electron chi connectivity index (χ4n) is 1.35. The van der Waals surface area contributed by atoms with Crippen LogP contribution in [0.2, 0.25) is 5.02 Å². The molecule has 0 atom stereocenters. The molecule has 0 aliphatic heterocycles. The summed E-state index contributed by atoms with van der Waals surface area (Å²) in [6.07, 6.45) is 0. The highest BCUT2D eigenvalue weighted by atomic mass is 79.9. The quantitative estimate of drug-likeness (QED) is 0.771. The molecule has 1 aromatic carbocycles. The Morgan fingerprint density at radius 1 is 1.28 bits per heavy atom. The monoisotopic (exact) mass is 407 g/mol. The van der Waals surface area contributed by atoms with Crippen LogP contribution in [0, 0.1) is 0 Å². The van der Waals surface area contributed by atoms with Gasteiger partial charge in [0.1, 0.15) is 0 Å². The van der Waals surface area contributed by atoms with Crippen LogP contribution < -0.4 is 5.32 Å². The first kappa shape index (κ1) is 14.1. The van der Waals surface area contributed by atoms with Crippen LogP contribution in [-0.2, 0) is 6.54 Å². The molecule has 0 spiro atoms. The van der Waals surface area contributed by atoms with Gasteiger partial charge in [-0.15, -0.1) is 11.3 Å². The number of thiophene rings is 1. The minimum absolute atomic E-state index is 0.118. The summed E-state index contributed by atoms with van der Waals surface area (Å²) < 4.78 is 1.74. The number of amides is 1. The Kier molecular flexibility index (Phi) is 4.84. The van der Waals surface area contributed by atoms with Crippen molar-refractivity contribution in [2.75, 3.05) is 0 Å². The van der Waals surface area contributed by atoms with Gasteiger partial charge in [-0.25, -0.2) is 0 Å². The average molecular weight is 410 g/mol. The molecule has 2 nitrogen and oxygen atoms in total. The Morgan fingerprint density at radius 3 is 2.67 bits per heavy atom. The van der Waals surface area contributed by atoms with E-state index in [0.717, 1.165) is 9.35 Å². The first-order valence-corrected chi connectivity index (χ1v) is 7.87. The van der Waals surface area contributed by atoms with E-state index < -0.39 is 0 Å². The fourth-order valence-corrected chi connectivity index (χ4v) is 3.28. The molecule has 94 valence electrons. The topological polar surface area (TPSA) is 29.1 Å². The van der Waals surface area contributed by atoms with Gasteiger partial charge in [0.25, 0.3) is 5.91 Å². The zero-order valence-corrected chi connectivity index (χ0v) is 13.8. The van der Waals surface area contributed by atoms with E-state index in [1.165, 1.54) is 0 Å². The van der Waals surface area contributed by atoms with Crippen LogP contribution in [0.4, 0.5) is 0 Å². The largest absolute Gasteiger partial charge is 0.347 e. The number of carbonyl (C=O) groups is 1. The van der Waals surface area contributed by atoms with Crippen molar-refractivity contribution in [2.45, 2.75) is 6.54 Å². The van der Waals surface area contributed by atoms with Gasteiger partial charge in [-0.05, 0) is 61.5 Å². The summed E-state index contributed by atoms with van der Waals surface area (Å²) in [7, 11) is 0. The second-order valence-corrected chi connectivity index (χ2v) is 6.62. The summed E-state index contributed by atoms with van der Waals surface area (Å²) in [6.45, 7) is 0.511. The molecule has 0 fully saturated rings. The lowest BCUT2D eigenvalue weighted by Crippen LogP contribution is -2.22. The molecule has 1 amide bonds. The number of carbonyl (C=O) groups excluding carboxylic acids is 1. The van der Waals surface area contributed by atoms with Gasteiger partial charge >= 0.3 is 0 Å². The highest BCUT2D eigenvalue weighted by molar-refractivity contribution is 9.10. The second kappa shape index (κ2) is 6.19. The lowest BCUT2D eigenvalue weighted by Gasteiger charge is -2.05. The third-order valence-electron chi connectivity index (χ3n) is 2.28. The van der Waals surface area contributed by atoms with Gasteiger partial charge in [-0.1, -0.05) is 11.6 Å². The van der Waals surface area contributed by atoms with Crippen molar-refractivity contribution in [1.29, 1.82) is 0 Å². The van der Waals surface area contributed by atoms with Gasteiger partial charge in [0.05, 0.1) is 11.6 Å². The predicted octanol–water partition coefficient (Wildman–Crippen LogP) is 4.86. The van der Waals surface area contributed by atoms with Crippen LogP contribution >= 0.6 is 54.8 Å². The van der Waals surface area contributed by atoms with Crippen molar-refractivity contribution in [2.24, 2.45) is 0 Å². The van der Waals surface area contributed by atoms with E-state index in [9.17, 15) is 4.79 Å². The minimum atomic E-state index is -0.118. The van der Waals surface area contributed by atoms with Crippen LogP contribution in [0.1, 0.15) is 15.2 Å². The zero-order valence-electron chi connectivity index (χ0n) is 9.04. The summed E-state index contributed by atoms with van der Waals surface area (Å²) in [5, 5.41) is 5.43. The Hall–Kier alpha value is -0.360. The summed E-state index contributed by atoms with van der Waals surface area (Å²) in [4.78, 5) is 13.0. The third-order valence-corrected chi connectivity index (χ3v) is 5.42. The van der Waals surface area contributed by atoms with Crippen molar-refractivity contribution in [3.8, 4) is 0 Å². The maximum absolute atomic E-state index is 11.9. The molecular weight excluding hydrogens is 401 g/mol. The standard InChI is InChI=1S/C12H8Br2ClNOS/c13-8-3-4-18-11(8)6-16-12(17)7-1-2-10(15)9(14)5-7/h1-5H,6H2,(H,16,17). The minimum Gasteiger partial charge on any atom is -0.347 e. The number of halogens is 3. The number of hydrogen-bond acceptors (Lipinski definition) is 2. The van der Waals surface area contributed by atoms with E-state index in [-0.39, 0.29) is 5.91 Å². The molecule has 0 saturated heterocycles. The molecule has 1 heterocycles. The molecule has 0 bridgehead atoms. The van der Waals surface area contributed by atoms with Gasteiger partial charge in [0.15, 0.2) is 0 Å². The Bertz CT molecular complexity index is 585. The summed E-state index contributed by atoms with van der Waals surface area (Å²) >= 11 is 14.2. The number of benzene rings is 1. The van der Waals surface area contributed by atoms with Crippen molar-refractivity contribution >= 4 is 60.7 Å². The SMILES string of the molecule is O=C(NCc1sccc1Br)c1ccc(Cl)c(Br)c1. The molecule has 2 aromatic rings. The lowest BCUT2D eigenvalue weighted by atomic mass is 10.2. The fraction of sp³-hybridized carbons (Fsp3) is 0.0833. The maximum Gasteiger partial charge on any atom is 0.251 e. The normalized spacial score (nSPS) is 10.4. The molecule has 0 radical (unpaired) electrons. The van der Waals surface area contributed by atoms with E-state index in [0.29, 0.717) is 21.6 Å². The van der Waals surface area contributed by atoms with E-state index in [1.807, 2.05) is 11.4 Å². The van der Waals surface area contributed by atoms with Crippen molar-refractivity contribution in [1.82, 2.24) is 5.32 Å². The first-order valence-electron chi connectivity index (χ1n) is 5.03. The maximum atomic E-state index is 11.9. The van der Waals surface area contributed by atoms with Gasteiger partial charge in [0, 0.05) is 19.4 Å². The molecule has 0 saturated carbocycles.